The lowest BCUT2D eigenvalue weighted by atomic mass is 10.00. The number of nitrogens with two attached hydrogens (primary N) is 1. The van der Waals surface area contributed by atoms with Crippen LogP contribution in [0.25, 0.3) is 5.57 Å². The number of ether oxygens (including phenoxy) is 2. The number of rotatable bonds is 7. The van der Waals surface area contributed by atoms with E-state index in [1.165, 1.54) is 13.2 Å². The second kappa shape index (κ2) is 8.93. The van der Waals surface area contributed by atoms with Crippen molar-refractivity contribution in [3.8, 4) is 5.75 Å². The van der Waals surface area contributed by atoms with E-state index in [4.69, 9.17) is 10.5 Å². The van der Waals surface area contributed by atoms with Crippen molar-refractivity contribution in [1.82, 2.24) is 0 Å². The summed E-state index contributed by atoms with van der Waals surface area (Å²) in [6.45, 7) is 6.52. The second-order valence-electron chi connectivity index (χ2n) is 5.03. The number of benzene rings is 1. The van der Waals surface area contributed by atoms with E-state index in [0.29, 0.717) is 12.3 Å². The van der Waals surface area contributed by atoms with Crippen LogP contribution in [0.1, 0.15) is 38.3 Å². The minimum absolute atomic E-state index is 0.377. The molecule has 0 radical (unpaired) electrons. The third-order valence-electron chi connectivity index (χ3n) is 3.21. The quantitative estimate of drug-likeness (QED) is 0.361. The summed E-state index contributed by atoms with van der Waals surface area (Å²) < 4.78 is 10.4. The van der Waals surface area contributed by atoms with Crippen LogP contribution in [0.2, 0.25) is 0 Å². The summed E-state index contributed by atoms with van der Waals surface area (Å²) in [4.78, 5) is 11.4. The topological polar surface area (TPSA) is 61.5 Å². The fourth-order valence-corrected chi connectivity index (χ4v) is 2.04. The monoisotopic (exact) mass is 303 g/mol. The Balaban J connectivity index is 3.24. The molecule has 0 fully saturated rings. The van der Waals surface area contributed by atoms with Crippen LogP contribution in [0.3, 0.4) is 0 Å². The van der Waals surface area contributed by atoms with Gasteiger partial charge in [0, 0.05) is 11.6 Å². The highest BCUT2D eigenvalue weighted by Gasteiger charge is 2.11. The molecule has 0 atom stereocenters. The highest BCUT2D eigenvalue weighted by Crippen LogP contribution is 2.32. The van der Waals surface area contributed by atoms with Crippen molar-refractivity contribution in [2.24, 2.45) is 0 Å². The van der Waals surface area contributed by atoms with Gasteiger partial charge in [-0.25, -0.2) is 4.79 Å². The van der Waals surface area contributed by atoms with Gasteiger partial charge < -0.3 is 15.2 Å². The lowest BCUT2D eigenvalue weighted by Gasteiger charge is -2.15. The maximum atomic E-state index is 11.4. The Morgan fingerprint density at radius 3 is 2.68 bits per heavy atom. The Bertz CT molecular complexity index is 574. The molecule has 0 saturated carbocycles. The third kappa shape index (κ3) is 4.95. The third-order valence-corrected chi connectivity index (χ3v) is 3.21. The zero-order chi connectivity index (χ0) is 16.5. The van der Waals surface area contributed by atoms with Gasteiger partial charge in [0.15, 0.2) is 0 Å². The van der Waals surface area contributed by atoms with Gasteiger partial charge in [-0.15, -0.1) is 0 Å². The Kier molecular flexibility index (Phi) is 7.23. The molecule has 22 heavy (non-hydrogen) atoms. The summed E-state index contributed by atoms with van der Waals surface area (Å²) in [6, 6.07) is 3.84. The molecular weight excluding hydrogens is 278 g/mol. The van der Waals surface area contributed by atoms with Crippen LogP contribution in [0.4, 0.5) is 5.69 Å². The number of carbonyl (C=O) groups is 1. The van der Waals surface area contributed by atoms with Crippen molar-refractivity contribution in [2.45, 2.75) is 33.6 Å². The van der Waals surface area contributed by atoms with Crippen molar-refractivity contribution in [2.75, 3.05) is 19.5 Å². The number of esters is 1. The molecule has 1 aromatic carbocycles. The predicted octanol–water partition coefficient (Wildman–Crippen LogP) is 3.75. The van der Waals surface area contributed by atoms with Gasteiger partial charge in [0.1, 0.15) is 5.75 Å². The SMILES string of the molecule is C/C=C/Cc1cc(/C(C)=C/C(=O)OC)cc(N)c1OCCC. The first-order valence-corrected chi connectivity index (χ1v) is 7.46. The first-order valence-electron chi connectivity index (χ1n) is 7.46. The standard InChI is InChI=1S/C18H25NO3/c1-5-7-8-14-11-15(13(3)10-17(20)21-4)12-16(19)18(14)22-9-6-2/h5,7,10-12H,6,8-9,19H2,1-4H3/b7-5+,13-10+. The van der Waals surface area contributed by atoms with Crippen molar-refractivity contribution in [3.05, 3.63) is 41.5 Å². The molecule has 0 aliphatic heterocycles. The van der Waals surface area contributed by atoms with Crippen LogP contribution >= 0.6 is 0 Å². The van der Waals surface area contributed by atoms with E-state index in [0.717, 1.165) is 35.3 Å². The molecule has 4 heteroatoms. The minimum Gasteiger partial charge on any atom is -0.491 e. The van der Waals surface area contributed by atoms with Gasteiger partial charge in [0.05, 0.1) is 19.4 Å². The molecular formula is C18H25NO3. The lowest BCUT2D eigenvalue weighted by Crippen LogP contribution is -2.04. The zero-order valence-corrected chi connectivity index (χ0v) is 13.8. The first-order chi connectivity index (χ1) is 10.5. The molecule has 0 bridgehead atoms. The smallest absolute Gasteiger partial charge is 0.330 e. The van der Waals surface area contributed by atoms with Crippen LogP contribution in [-0.4, -0.2) is 19.7 Å². The molecule has 0 unspecified atom stereocenters. The predicted molar refractivity (Wildman–Crippen MR) is 90.8 cm³/mol. The summed E-state index contributed by atoms with van der Waals surface area (Å²) in [5, 5.41) is 0. The number of nitrogen functional groups attached to an aromatic ring is 1. The molecule has 0 aliphatic carbocycles. The van der Waals surface area contributed by atoms with E-state index in [2.05, 4.69) is 17.7 Å². The van der Waals surface area contributed by atoms with Gasteiger partial charge >= 0.3 is 5.97 Å². The lowest BCUT2D eigenvalue weighted by molar-refractivity contribution is -0.134. The van der Waals surface area contributed by atoms with Gasteiger partial charge in [-0.2, -0.15) is 0 Å². The summed E-state index contributed by atoms with van der Waals surface area (Å²) in [7, 11) is 1.36. The first kappa shape index (κ1) is 17.8. The van der Waals surface area contributed by atoms with Crippen molar-refractivity contribution >= 4 is 17.2 Å². The van der Waals surface area contributed by atoms with E-state index in [-0.39, 0.29) is 5.97 Å². The molecule has 0 spiro atoms. The fraction of sp³-hybridized carbons (Fsp3) is 0.389. The van der Waals surface area contributed by atoms with Gasteiger partial charge in [0.2, 0.25) is 0 Å². The number of hydrogen-bond acceptors (Lipinski definition) is 4. The highest BCUT2D eigenvalue weighted by atomic mass is 16.5. The molecule has 0 saturated heterocycles. The summed E-state index contributed by atoms with van der Waals surface area (Å²) >= 11 is 0. The Hall–Kier alpha value is -2.23. The largest absolute Gasteiger partial charge is 0.491 e. The van der Waals surface area contributed by atoms with E-state index < -0.39 is 0 Å². The zero-order valence-electron chi connectivity index (χ0n) is 13.8. The molecule has 0 aliphatic rings. The normalized spacial score (nSPS) is 11.7. The molecule has 120 valence electrons. The summed E-state index contributed by atoms with van der Waals surface area (Å²) in [6.07, 6.45) is 7.16. The average Bonchev–Trinajstić information content (AvgIpc) is 2.51. The minimum atomic E-state index is -0.377. The molecule has 0 amide bonds. The highest BCUT2D eigenvalue weighted by molar-refractivity contribution is 5.91. The van der Waals surface area contributed by atoms with Crippen LogP contribution in [-0.2, 0) is 16.0 Å². The Morgan fingerprint density at radius 2 is 2.09 bits per heavy atom. The van der Waals surface area contributed by atoms with Crippen LogP contribution in [0, 0.1) is 0 Å². The van der Waals surface area contributed by atoms with E-state index in [1.807, 2.05) is 32.1 Å². The molecule has 0 heterocycles. The number of allylic oxidation sites excluding steroid dienone is 3. The average molecular weight is 303 g/mol. The number of methoxy groups -OCH3 is 1. The van der Waals surface area contributed by atoms with Gasteiger partial charge in [-0.3, -0.25) is 0 Å². The van der Waals surface area contributed by atoms with Crippen LogP contribution in [0.15, 0.2) is 30.4 Å². The number of hydrogen-bond donors (Lipinski definition) is 1. The van der Waals surface area contributed by atoms with Crippen molar-refractivity contribution in [1.29, 1.82) is 0 Å². The Morgan fingerprint density at radius 1 is 1.36 bits per heavy atom. The van der Waals surface area contributed by atoms with Crippen LogP contribution < -0.4 is 10.5 Å². The van der Waals surface area contributed by atoms with E-state index >= 15 is 0 Å². The van der Waals surface area contributed by atoms with Crippen LogP contribution in [0.5, 0.6) is 5.75 Å². The second-order valence-corrected chi connectivity index (χ2v) is 5.03. The molecule has 1 rings (SSSR count). The van der Waals surface area contributed by atoms with Crippen molar-refractivity contribution in [3.63, 3.8) is 0 Å². The number of carbonyl (C=O) groups excluding carboxylic acids is 1. The number of anilines is 1. The molecule has 0 aromatic heterocycles. The molecule has 4 nitrogen and oxygen atoms in total. The van der Waals surface area contributed by atoms with Crippen molar-refractivity contribution < 1.29 is 14.3 Å². The Labute approximate surface area is 132 Å². The molecule has 1 aromatic rings. The summed E-state index contributed by atoms with van der Waals surface area (Å²) in [5.74, 6) is 0.354. The van der Waals surface area contributed by atoms with E-state index in [1.54, 1.807) is 0 Å². The van der Waals surface area contributed by atoms with Gasteiger partial charge in [0.25, 0.3) is 0 Å². The maximum absolute atomic E-state index is 11.4. The van der Waals surface area contributed by atoms with Gasteiger partial charge in [-0.05, 0) is 50.0 Å². The molecule has 2 N–H and O–H groups in total. The van der Waals surface area contributed by atoms with Gasteiger partial charge in [-0.1, -0.05) is 19.1 Å². The summed E-state index contributed by atoms with van der Waals surface area (Å²) in [5.41, 5.74) is 9.44. The fourth-order valence-electron chi connectivity index (χ4n) is 2.04. The maximum Gasteiger partial charge on any atom is 0.330 e. The van der Waals surface area contributed by atoms with E-state index in [9.17, 15) is 4.79 Å².